The van der Waals surface area contributed by atoms with E-state index in [4.69, 9.17) is 23.2 Å². The standard InChI is InChI=1S/C18H18Cl2N2O4S/c1-3-16(23)21-18-14(19)9-13(10-15(18)20)27(25,26)22-17(24)8-12-6-4-5-11(2)7-12/h4-7,9-10H,3,8H2,1-2H3,(H,21,23)(H,22,24). The molecular formula is C18H18Cl2N2O4S. The van der Waals surface area contributed by atoms with E-state index in [1.807, 2.05) is 17.7 Å². The van der Waals surface area contributed by atoms with E-state index in [0.717, 1.165) is 17.7 Å². The number of halogens is 2. The van der Waals surface area contributed by atoms with Crippen LogP contribution in [0.15, 0.2) is 41.3 Å². The summed E-state index contributed by atoms with van der Waals surface area (Å²) in [6.45, 7) is 3.53. The summed E-state index contributed by atoms with van der Waals surface area (Å²) >= 11 is 12.1. The van der Waals surface area contributed by atoms with Crippen LogP contribution < -0.4 is 10.0 Å². The second-order valence-corrected chi connectivity index (χ2v) is 8.35. The summed E-state index contributed by atoms with van der Waals surface area (Å²) in [6.07, 6.45) is 0.120. The molecule has 0 unspecified atom stereocenters. The first-order chi connectivity index (χ1) is 12.6. The van der Waals surface area contributed by atoms with Crippen LogP contribution in [0.5, 0.6) is 0 Å². The molecule has 6 nitrogen and oxygen atoms in total. The number of nitrogens with one attached hydrogen (secondary N) is 2. The van der Waals surface area contributed by atoms with Gasteiger partial charge >= 0.3 is 0 Å². The third-order valence-electron chi connectivity index (χ3n) is 3.61. The number of aryl methyl sites for hydroxylation is 1. The zero-order chi connectivity index (χ0) is 20.2. The SMILES string of the molecule is CCC(=O)Nc1c(Cl)cc(S(=O)(=O)NC(=O)Cc2cccc(C)c2)cc1Cl. The van der Waals surface area contributed by atoms with Gasteiger partial charge in [0.2, 0.25) is 11.8 Å². The van der Waals surface area contributed by atoms with E-state index in [1.165, 1.54) is 0 Å². The van der Waals surface area contributed by atoms with E-state index >= 15 is 0 Å². The summed E-state index contributed by atoms with van der Waals surface area (Å²) in [4.78, 5) is 23.4. The van der Waals surface area contributed by atoms with Gasteiger partial charge in [0.25, 0.3) is 10.0 Å². The second-order valence-electron chi connectivity index (χ2n) is 5.86. The molecule has 144 valence electrons. The Bertz CT molecular complexity index is 968. The summed E-state index contributed by atoms with van der Waals surface area (Å²) in [5, 5.41) is 2.41. The third kappa shape index (κ3) is 5.69. The molecule has 2 N–H and O–H groups in total. The molecule has 0 saturated heterocycles. The van der Waals surface area contributed by atoms with Crippen LogP contribution in [0, 0.1) is 6.92 Å². The first-order valence-corrected chi connectivity index (χ1v) is 10.3. The number of carbonyl (C=O) groups is 2. The lowest BCUT2D eigenvalue weighted by atomic mass is 10.1. The van der Waals surface area contributed by atoms with E-state index < -0.39 is 15.9 Å². The molecule has 0 aliphatic rings. The summed E-state index contributed by atoms with van der Waals surface area (Å²) in [5.74, 6) is -1.00. The van der Waals surface area contributed by atoms with Gasteiger partial charge in [-0.05, 0) is 24.6 Å². The van der Waals surface area contributed by atoms with Crippen molar-refractivity contribution in [2.24, 2.45) is 0 Å². The monoisotopic (exact) mass is 428 g/mol. The van der Waals surface area contributed by atoms with Crippen LogP contribution in [0.1, 0.15) is 24.5 Å². The van der Waals surface area contributed by atoms with Crippen LogP contribution in [-0.4, -0.2) is 20.2 Å². The van der Waals surface area contributed by atoms with E-state index in [2.05, 4.69) is 5.32 Å². The van der Waals surface area contributed by atoms with Crippen molar-refractivity contribution in [1.29, 1.82) is 0 Å². The molecule has 0 bridgehead atoms. The molecule has 0 aliphatic carbocycles. The quantitative estimate of drug-likeness (QED) is 0.733. The fourth-order valence-electron chi connectivity index (χ4n) is 2.30. The van der Waals surface area contributed by atoms with Gasteiger partial charge in [0.1, 0.15) is 0 Å². The van der Waals surface area contributed by atoms with Crippen molar-refractivity contribution in [1.82, 2.24) is 4.72 Å². The molecular weight excluding hydrogens is 411 g/mol. The average molecular weight is 429 g/mol. The highest BCUT2D eigenvalue weighted by Gasteiger charge is 2.21. The Hall–Kier alpha value is -2.09. The zero-order valence-electron chi connectivity index (χ0n) is 14.7. The van der Waals surface area contributed by atoms with Crippen molar-refractivity contribution in [2.75, 3.05) is 5.32 Å². The van der Waals surface area contributed by atoms with Crippen LogP contribution in [0.4, 0.5) is 5.69 Å². The van der Waals surface area contributed by atoms with Crippen molar-refractivity contribution < 1.29 is 18.0 Å². The molecule has 0 atom stereocenters. The summed E-state index contributed by atoms with van der Waals surface area (Å²) < 4.78 is 26.9. The molecule has 0 fully saturated rings. The Morgan fingerprint density at radius 2 is 1.67 bits per heavy atom. The maximum absolute atomic E-state index is 12.5. The van der Waals surface area contributed by atoms with Crippen molar-refractivity contribution in [3.8, 4) is 0 Å². The van der Waals surface area contributed by atoms with E-state index in [9.17, 15) is 18.0 Å². The van der Waals surface area contributed by atoms with Crippen molar-refractivity contribution in [2.45, 2.75) is 31.6 Å². The van der Waals surface area contributed by atoms with E-state index in [0.29, 0.717) is 5.56 Å². The molecule has 2 aromatic rings. The first-order valence-electron chi connectivity index (χ1n) is 8.02. The first kappa shape index (κ1) is 21.2. The molecule has 2 aromatic carbocycles. The number of hydrogen-bond donors (Lipinski definition) is 2. The number of carbonyl (C=O) groups excluding carboxylic acids is 2. The van der Waals surface area contributed by atoms with Gasteiger partial charge in [-0.3, -0.25) is 9.59 Å². The van der Waals surface area contributed by atoms with Crippen LogP contribution in [0.25, 0.3) is 0 Å². The topological polar surface area (TPSA) is 92.3 Å². The van der Waals surface area contributed by atoms with Gasteiger partial charge in [-0.2, -0.15) is 0 Å². The molecule has 0 saturated carbocycles. The molecule has 0 aliphatic heterocycles. The molecule has 0 spiro atoms. The Morgan fingerprint density at radius 3 is 2.22 bits per heavy atom. The lowest BCUT2D eigenvalue weighted by Gasteiger charge is -2.12. The van der Waals surface area contributed by atoms with Gasteiger partial charge in [-0.25, -0.2) is 13.1 Å². The minimum atomic E-state index is -4.17. The average Bonchev–Trinajstić information content (AvgIpc) is 2.57. The number of hydrogen-bond acceptors (Lipinski definition) is 4. The number of anilines is 1. The third-order valence-corrected chi connectivity index (χ3v) is 5.56. The predicted octanol–water partition coefficient (Wildman–Crippen LogP) is 3.70. The number of rotatable bonds is 6. The summed E-state index contributed by atoms with van der Waals surface area (Å²) in [7, 11) is -4.17. The fraction of sp³-hybridized carbons (Fsp3) is 0.222. The van der Waals surface area contributed by atoms with Crippen LogP contribution >= 0.6 is 23.2 Å². The highest BCUT2D eigenvalue weighted by Crippen LogP contribution is 2.33. The van der Waals surface area contributed by atoms with Crippen LogP contribution in [0.3, 0.4) is 0 Å². The molecule has 0 aromatic heterocycles. The van der Waals surface area contributed by atoms with Gasteiger partial charge in [0.05, 0.1) is 27.0 Å². The Balaban J connectivity index is 2.20. The predicted molar refractivity (Wildman–Crippen MR) is 106 cm³/mol. The molecule has 0 heterocycles. The van der Waals surface area contributed by atoms with Crippen molar-refractivity contribution in [3.63, 3.8) is 0 Å². The lowest BCUT2D eigenvalue weighted by Crippen LogP contribution is -2.31. The molecule has 2 rings (SSSR count). The minimum absolute atomic E-state index is 0.0455. The maximum atomic E-state index is 12.5. The number of benzene rings is 2. The van der Waals surface area contributed by atoms with Crippen molar-refractivity contribution in [3.05, 3.63) is 57.6 Å². The normalized spacial score (nSPS) is 11.1. The molecule has 2 amide bonds. The van der Waals surface area contributed by atoms with E-state index in [-0.39, 0.29) is 39.4 Å². The number of sulfonamides is 1. The summed E-state index contributed by atoms with van der Waals surface area (Å²) in [5.41, 5.74) is 1.78. The van der Waals surface area contributed by atoms with Gasteiger partial charge in [0.15, 0.2) is 0 Å². The smallest absolute Gasteiger partial charge is 0.264 e. The molecule has 9 heteroatoms. The van der Waals surface area contributed by atoms with Gasteiger partial charge in [-0.15, -0.1) is 0 Å². The maximum Gasteiger partial charge on any atom is 0.264 e. The molecule has 0 radical (unpaired) electrons. The zero-order valence-corrected chi connectivity index (χ0v) is 17.0. The largest absolute Gasteiger partial charge is 0.324 e. The van der Waals surface area contributed by atoms with Gasteiger partial charge in [-0.1, -0.05) is 60.0 Å². The van der Waals surface area contributed by atoms with Gasteiger partial charge < -0.3 is 5.32 Å². The highest BCUT2D eigenvalue weighted by atomic mass is 35.5. The second kappa shape index (κ2) is 8.73. The number of amides is 2. The van der Waals surface area contributed by atoms with Crippen LogP contribution in [-0.2, 0) is 26.0 Å². The lowest BCUT2D eigenvalue weighted by molar-refractivity contribution is -0.118. The fourth-order valence-corrected chi connectivity index (χ4v) is 4.05. The van der Waals surface area contributed by atoms with Crippen LogP contribution in [0.2, 0.25) is 10.0 Å². The summed E-state index contributed by atoms with van der Waals surface area (Å²) in [6, 6.07) is 9.45. The highest BCUT2D eigenvalue weighted by molar-refractivity contribution is 7.90. The van der Waals surface area contributed by atoms with Crippen molar-refractivity contribution >= 4 is 50.7 Å². The minimum Gasteiger partial charge on any atom is -0.324 e. The Morgan fingerprint density at radius 1 is 1.04 bits per heavy atom. The van der Waals surface area contributed by atoms with E-state index in [1.54, 1.807) is 25.1 Å². The van der Waals surface area contributed by atoms with Gasteiger partial charge in [0, 0.05) is 6.42 Å². The Kier molecular flexibility index (Phi) is 6.86. The molecule has 27 heavy (non-hydrogen) atoms. The Labute approximate surface area is 167 Å².